The summed E-state index contributed by atoms with van der Waals surface area (Å²) >= 11 is 5.84. The summed E-state index contributed by atoms with van der Waals surface area (Å²) in [5, 5.41) is 9.27. The Morgan fingerprint density at radius 2 is 2.32 bits per heavy atom. The smallest absolute Gasteiger partial charge is 0.337 e. The Balaban J connectivity index is 2.22. The summed E-state index contributed by atoms with van der Waals surface area (Å²) in [6, 6.07) is 2.03. The van der Waals surface area contributed by atoms with Gasteiger partial charge in [0.1, 0.15) is 5.82 Å². The Morgan fingerprint density at radius 1 is 1.58 bits per heavy atom. The number of aromatic carboxylic acids is 1. The standard InChI is InChI=1S/C13H18ClN3O2/c1-16(2)9-4-3-5-17(8-9)12-6-10(13(18)19)11(14)7-15-12/h6-7,9H,3-5,8H2,1-2H3,(H,18,19). The van der Waals surface area contributed by atoms with Gasteiger partial charge in [-0.3, -0.25) is 0 Å². The number of rotatable bonds is 3. The molecule has 1 saturated heterocycles. The Bertz CT molecular complexity index is 479. The molecule has 0 radical (unpaired) electrons. The number of hydrogen-bond donors (Lipinski definition) is 1. The van der Waals surface area contributed by atoms with Crippen molar-refractivity contribution in [2.24, 2.45) is 0 Å². The normalized spacial score (nSPS) is 19.8. The van der Waals surface area contributed by atoms with Crippen molar-refractivity contribution in [3.05, 3.63) is 22.8 Å². The van der Waals surface area contributed by atoms with Crippen LogP contribution < -0.4 is 4.90 Å². The third-order valence-corrected chi connectivity index (χ3v) is 3.82. The largest absolute Gasteiger partial charge is 0.478 e. The Labute approximate surface area is 117 Å². The first-order valence-corrected chi connectivity index (χ1v) is 6.67. The number of nitrogens with zero attached hydrogens (tertiary/aromatic N) is 3. The zero-order valence-corrected chi connectivity index (χ0v) is 11.9. The molecule has 0 aromatic carbocycles. The topological polar surface area (TPSA) is 56.7 Å². The lowest BCUT2D eigenvalue weighted by atomic mass is 10.0. The van der Waals surface area contributed by atoms with E-state index in [4.69, 9.17) is 16.7 Å². The number of carboxylic acids is 1. The molecule has 104 valence electrons. The Kier molecular flexibility index (Phi) is 4.27. The fourth-order valence-corrected chi connectivity index (χ4v) is 2.53. The number of carboxylic acid groups (broad SMARTS) is 1. The van der Waals surface area contributed by atoms with E-state index in [1.54, 1.807) is 6.07 Å². The maximum Gasteiger partial charge on any atom is 0.337 e. The Hall–Kier alpha value is -1.33. The van der Waals surface area contributed by atoms with E-state index in [-0.39, 0.29) is 10.6 Å². The highest BCUT2D eigenvalue weighted by molar-refractivity contribution is 6.33. The third kappa shape index (κ3) is 3.16. The molecule has 1 unspecified atom stereocenters. The molecule has 6 heteroatoms. The van der Waals surface area contributed by atoms with Gasteiger partial charge in [0.15, 0.2) is 0 Å². The maximum atomic E-state index is 11.1. The van der Waals surface area contributed by atoms with Crippen molar-refractivity contribution in [2.45, 2.75) is 18.9 Å². The molecular weight excluding hydrogens is 266 g/mol. The van der Waals surface area contributed by atoms with Gasteiger partial charge < -0.3 is 14.9 Å². The fraction of sp³-hybridized carbons (Fsp3) is 0.538. The SMILES string of the molecule is CN(C)C1CCCN(c2cc(C(=O)O)c(Cl)cn2)C1. The summed E-state index contributed by atoms with van der Waals surface area (Å²) in [6.07, 6.45) is 3.65. The van der Waals surface area contributed by atoms with Gasteiger partial charge in [0.2, 0.25) is 0 Å². The molecule has 1 aliphatic heterocycles. The lowest BCUT2D eigenvalue weighted by molar-refractivity contribution is 0.0697. The van der Waals surface area contributed by atoms with Crippen molar-refractivity contribution in [2.75, 3.05) is 32.1 Å². The van der Waals surface area contributed by atoms with Crippen LogP contribution in [0.2, 0.25) is 5.02 Å². The van der Waals surface area contributed by atoms with E-state index >= 15 is 0 Å². The molecule has 0 bridgehead atoms. The van der Waals surface area contributed by atoms with Gasteiger partial charge in [-0.2, -0.15) is 0 Å². The number of pyridine rings is 1. The van der Waals surface area contributed by atoms with Crippen LogP contribution in [0.5, 0.6) is 0 Å². The van der Waals surface area contributed by atoms with Gasteiger partial charge in [0, 0.05) is 25.3 Å². The first-order valence-electron chi connectivity index (χ1n) is 6.29. The van der Waals surface area contributed by atoms with E-state index in [0.717, 1.165) is 25.9 Å². The Morgan fingerprint density at radius 3 is 2.95 bits per heavy atom. The molecule has 1 aromatic heterocycles. The van der Waals surface area contributed by atoms with Crippen LogP contribution in [0, 0.1) is 0 Å². The molecule has 1 atom stereocenters. The quantitative estimate of drug-likeness (QED) is 0.919. The van der Waals surface area contributed by atoms with E-state index in [0.29, 0.717) is 11.9 Å². The average molecular weight is 284 g/mol. The third-order valence-electron chi connectivity index (χ3n) is 3.52. The number of likely N-dealkylation sites (N-methyl/N-ethyl adjacent to an activating group) is 1. The number of aromatic nitrogens is 1. The molecule has 1 fully saturated rings. The van der Waals surface area contributed by atoms with Crippen LogP contribution in [0.4, 0.5) is 5.82 Å². The van der Waals surface area contributed by atoms with E-state index in [9.17, 15) is 4.79 Å². The predicted octanol–water partition coefficient (Wildman–Crippen LogP) is 1.96. The van der Waals surface area contributed by atoms with Crippen LogP contribution in [-0.4, -0.2) is 54.2 Å². The molecule has 19 heavy (non-hydrogen) atoms. The molecule has 2 heterocycles. The minimum atomic E-state index is -1.02. The summed E-state index contributed by atoms with van der Waals surface area (Å²) < 4.78 is 0. The molecule has 1 N–H and O–H groups in total. The average Bonchev–Trinajstić information content (AvgIpc) is 2.39. The van der Waals surface area contributed by atoms with Crippen molar-refractivity contribution in [3.8, 4) is 0 Å². The number of halogens is 1. The van der Waals surface area contributed by atoms with Gasteiger partial charge in [-0.1, -0.05) is 11.6 Å². The van der Waals surface area contributed by atoms with Gasteiger partial charge in [-0.05, 0) is 33.0 Å². The van der Waals surface area contributed by atoms with Crippen LogP contribution >= 0.6 is 11.6 Å². The van der Waals surface area contributed by atoms with Crippen molar-refractivity contribution in [1.82, 2.24) is 9.88 Å². The second kappa shape index (κ2) is 5.75. The molecule has 0 spiro atoms. The van der Waals surface area contributed by atoms with Crippen LogP contribution in [0.1, 0.15) is 23.2 Å². The highest BCUT2D eigenvalue weighted by Gasteiger charge is 2.23. The molecule has 5 nitrogen and oxygen atoms in total. The summed E-state index contributed by atoms with van der Waals surface area (Å²) in [4.78, 5) is 19.7. The summed E-state index contributed by atoms with van der Waals surface area (Å²) in [5.74, 6) is -0.330. The van der Waals surface area contributed by atoms with Gasteiger partial charge in [0.05, 0.1) is 10.6 Å². The van der Waals surface area contributed by atoms with Crippen LogP contribution in [-0.2, 0) is 0 Å². The zero-order valence-electron chi connectivity index (χ0n) is 11.1. The molecule has 1 aromatic rings. The molecule has 0 saturated carbocycles. The first kappa shape index (κ1) is 14.1. The molecule has 2 rings (SSSR count). The molecule has 1 aliphatic rings. The summed E-state index contributed by atoms with van der Waals surface area (Å²) in [5.41, 5.74) is 0.110. The van der Waals surface area contributed by atoms with Gasteiger partial charge >= 0.3 is 5.97 Å². The zero-order chi connectivity index (χ0) is 14.0. The molecule has 0 aliphatic carbocycles. The monoisotopic (exact) mass is 283 g/mol. The van der Waals surface area contributed by atoms with Crippen LogP contribution in [0.25, 0.3) is 0 Å². The lowest BCUT2D eigenvalue weighted by Crippen LogP contribution is -2.45. The van der Waals surface area contributed by atoms with Gasteiger partial charge in [-0.15, -0.1) is 0 Å². The van der Waals surface area contributed by atoms with Crippen LogP contribution in [0.3, 0.4) is 0 Å². The van der Waals surface area contributed by atoms with Crippen molar-refractivity contribution in [1.29, 1.82) is 0 Å². The van der Waals surface area contributed by atoms with E-state index in [2.05, 4.69) is 28.9 Å². The van der Waals surface area contributed by atoms with Crippen molar-refractivity contribution in [3.63, 3.8) is 0 Å². The minimum Gasteiger partial charge on any atom is -0.478 e. The highest BCUT2D eigenvalue weighted by atomic mass is 35.5. The number of piperidine rings is 1. The van der Waals surface area contributed by atoms with Gasteiger partial charge in [-0.25, -0.2) is 9.78 Å². The second-order valence-corrected chi connectivity index (χ2v) is 5.44. The fourth-order valence-electron chi connectivity index (χ4n) is 2.35. The van der Waals surface area contributed by atoms with Gasteiger partial charge in [0.25, 0.3) is 0 Å². The van der Waals surface area contributed by atoms with E-state index in [1.165, 1.54) is 6.20 Å². The van der Waals surface area contributed by atoms with Crippen LogP contribution in [0.15, 0.2) is 12.3 Å². The first-order chi connectivity index (χ1) is 8.99. The predicted molar refractivity (Wildman–Crippen MR) is 75.1 cm³/mol. The summed E-state index contributed by atoms with van der Waals surface area (Å²) in [6.45, 7) is 1.76. The maximum absolute atomic E-state index is 11.1. The molecule has 0 amide bonds. The number of anilines is 1. The summed E-state index contributed by atoms with van der Waals surface area (Å²) in [7, 11) is 4.12. The van der Waals surface area contributed by atoms with Crippen molar-refractivity contribution < 1.29 is 9.90 Å². The highest BCUT2D eigenvalue weighted by Crippen LogP contribution is 2.24. The minimum absolute atomic E-state index is 0.110. The van der Waals surface area contributed by atoms with E-state index < -0.39 is 5.97 Å². The number of hydrogen-bond acceptors (Lipinski definition) is 4. The van der Waals surface area contributed by atoms with Crippen molar-refractivity contribution >= 4 is 23.4 Å². The molecular formula is C13H18ClN3O2. The number of carbonyl (C=O) groups is 1. The van der Waals surface area contributed by atoms with E-state index in [1.807, 2.05) is 0 Å². The second-order valence-electron chi connectivity index (χ2n) is 5.03. The lowest BCUT2D eigenvalue weighted by Gasteiger charge is -2.36.